The van der Waals surface area contributed by atoms with E-state index >= 15 is 0 Å². The molecule has 0 aliphatic carbocycles. The molecule has 1 saturated heterocycles. The number of halogens is 1. The van der Waals surface area contributed by atoms with Crippen LogP contribution in [-0.2, 0) is 21.6 Å². The molecule has 6 heteroatoms. The van der Waals surface area contributed by atoms with Crippen LogP contribution in [0.25, 0.3) is 0 Å². The Morgan fingerprint density at radius 2 is 1.86 bits per heavy atom. The van der Waals surface area contributed by atoms with E-state index in [0.29, 0.717) is 13.2 Å². The fourth-order valence-corrected chi connectivity index (χ4v) is 4.75. The van der Waals surface area contributed by atoms with Crippen LogP contribution in [-0.4, -0.2) is 43.1 Å². The molecule has 0 aromatic heterocycles. The summed E-state index contributed by atoms with van der Waals surface area (Å²) in [6.45, 7) is 3.46. The molecular weight excluding hydrogens is 465 g/mol. The van der Waals surface area contributed by atoms with Crippen molar-refractivity contribution in [3.8, 4) is 0 Å². The van der Waals surface area contributed by atoms with Gasteiger partial charge in [0.05, 0.1) is 13.2 Å². The highest BCUT2D eigenvalue weighted by atomic mass is 127. The zero-order chi connectivity index (χ0) is 19.4. The molecule has 28 heavy (non-hydrogen) atoms. The highest BCUT2D eigenvalue weighted by Gasteiger charge is 2.42. The first-order valence-corrected chi connectivity index (χ1v) is 10.9. The maximum absolute atomic E-state index is 13.0. The minimum atomic E-state index is -0.313. The van der Waals surface area contributed by atoms with Gasteiger partial charge in [-0.1, -0.05) is 48.5 Å². The van der Waals surface area contributed by atoms with Crippen LogP contribution in [0.5, 0.6) is 0 Å². The molecule has 148 valence electrons. The summed E-state index contributed by atoms with van der Waals surface area (Å²) in [6.07, 6.45) is 2.00. The molecule has 1 spiro atoms. The zero-order valence-corrected chi connectivity index (χ0v) is 18.0. The normalized spacial score (nSPS) is 18.5. The van der Waals surface area contributed by atoms with Crippen molar-refractivity contribution in [3.05, 3.63) is 65.7 Å². The average molecular weight is 491 g/mol. The Morgan fingerprint density at radius 3 is 2.61 bits per heavy atom. The van der Waals surface area contributed by atoms with E-state index in [4.69, 9.17) is 4.74 Å². The molecule has 0 radical (unpaired) electrons. The number of piperidine rings is 1. The number of likely N-dealkylation sites (tertiary alicyclic amines) is 1. The van der Waals surface area contributed by atoms with Crippen molar-refractivity contribution in [1.29, 1.82) is 0 Å². The Labute approximate surface area is 180 Å². The van der Waals surface area contributed by atoms with E-state index in [9.17, 15) is 4.79 Å². The molecule has 0 bridgehead atoms. The number of para-hydroxylation sites is 1. The number of carbonyl (C=O) groups is 1. The fourth-order valence-electron chi connectivity index (χ4n) is 4.30. The summed E-state index contributed by atoms with van der Waals surface area (Å²) < 4.78 is 8.90. The number of amides is 1. The lowest BCUT2D eigenvalue weighted by Crippen LogP contribution is -2.52. The second-order valence-electron chi connectivity index (χ2n) is 7.67. The van der Waals surface area contributed by atoms with Crippen molar-refractivity contribution < 1.29 is 9.53 Å². The Hall–Kier alpha value is -1.64. The smallest absolute Gasteiger partial charge is 0.242 e. The van der Waals surface area contributed by atoms with Gasteiger partial charge in [0.2, 0.25) is 5.91 Å². The highest BCUT2D eigenvalue weighted by Crippen LogP contribution is 2.43. The van der Waals surface area contributed by atoms with E-state index < -0.39 is 0 Å². The molecule has 4 rings (SSSR count). The lowest BCUT2D eigenvalue weighted by atomic mass is 9.74. The van der Waals surface area contributed by atoms with Gasteiger partial charge < -0.3 is 15.0 Å². The summed E-state index contributed by atoms with van der Waals surface area (Å²) in [5, 5.41) is 3.55. The Balaban J connectivity index is 1.31. The van der Waals surface area contributed by atoms with E-state index in [1.807, 2.05) is 35.2 Å². The number of carbonyl (C=O) groups excluding carboxylic acids is 1. The molecule has 1 amide bonds. The summed E-state index contributed by atoms with van der Waals surface area (Å²) >= 11 is 2.06. The monoisotopic (exact) mass is 491 g/mol. The molecule has 2 aromatic carbocycles. The molecule has 2 heterocycles. The van der Waals surface area contributed by atoms with E-state index in [-0.39, 0.29) is 17.4 Å². The third-order valence-corrected chi connectivity index (χ3v) is 6.73. The summed E-state index contributed by atoms with van der Waals surface area (Å²) in [6, 6.07) is 18.3. The minimum Gasteiger partial charge on any atom is -0.384 e. The first-order chi connectivity index (χ1) is 13.7. The lowest BCUT2D eigenvalue weighted by molar-refractivity contribution is -0.136. The predicted octanol–water partition coefficient (Wildman–Crippen LogP) is 3.50. The van der Waals surface area contributed by atoms with Crippen LogP contribution in [0.4, 0.5) is 5.69 Å². The number of fused-ring (bicyclic) bond motifs is 2. The van der Waals surface area contributed by atoms with Crippen LogP contribution >= 0.6 is 22.9 Å². The van der Waals surface area contributed by atoms with Crippen molar-refractivity contribution in [2.24, 2.45) is 0 Å². The number of hydrogen-bond donors (Lipinski definition) is 2. The van der Waals surface area contributed by atoms with E-state index in [1.54, 1.807) is 0 Å². The first-order valence-electron chi connectivity index (χ1n) is 9.82. The molecule has 2 N–H and O–H groups in total. The van der Waals surface area contributed by atoms with Crippen LogP contribution in [0, 0.1) is 0 Å². The summed E-state index contributed by atoms with van der Waals surface area (Å²) in [7, 11) is 0. The third-order valence-electron chi connectivity index (χ3n) is 5.97. The van der Waals surface area contributed by atoms with Crippen molar-refractivity contribution in [2.45, 2.75) is 30.9 Å². The van der Waals surface area contributed by atoms with Crippen molar-refractivity contribution in [1.82, 2.24) is 8.43 Å². The van der Waals surface area contributed by atoms with E-state index in [1.165, 1.54) is 11.3 Å². The molecule has 1 atom stereocenters. The van der Waals surface area contributed by atoms with Crippen LogP contribution in [0.15, 0.2) is 54.6 Å². The Morgan fingerprint density at radius 1 is 1.14 bits per heavy atom. The molecule has 2 aliphatic heterocycles. The number of rotatable bonds is 6. The van der Waals surface area contributed by atoms with E-state index in [0.717, 1.165) is 38.0 Å². The predicted molar refractivity (Wildman–Crippen MR) is 119 cm³/mol. The standard InChI is InChI=1S/C22H26IN3O2/c23-25-20(15-28-14-17-6-2-1-3-7-17)21(27)26-12-10-22(11-13-26)16-24-19-9-5-4-8-18(19)22/h1-9,20,24-25H,10-16H2/t20-/m1/s1. The largest absolute Gasteiger partial charge is 0.384 e. The number of hydrogen-bond acceptors (Lipinski definition) is 4. The van der Waals surface area contributed by atoms with Gasteiger partial charge in [-0.3, -0.25) is 4.79 Å². The van der Waals surface area contributed by atoms with Gasteiger partial charge in [-0.15, -0.1) is 0 Å². The Kier molecular flexibility index (Phi) is 6.18. The third kappa shape index (κ3) is 4.04. The number of nitrogens with one attached hydrogen (secondary N) is 2. The van der Waals surface area contributed by atoms with Crippen LogP contribution in [0.3, 0.4) is 0 Å². The van der Waals surface area contributed by atoms with Gasteiger partial charge in [0.25, 0.3) is 0 Å². The summed E-state index contributed by atoms with van der Waals surface area (Å²) in [5.41, 5.74) is 3.96. The van der Waals surface area contributed by atoms with Gasteiger partial charge in [0.15, 0.2) is 0 Å². The van der Waals surface area contributed by atoms with Gasteiger partial charge in [0, 0.05) is 53.6 Å². The molecular formula is C22H26IN3O2. The molecule has 0 unspecified atom stereocenters. The van der Waals surface area contributed by atoms with Gasteiger partial charge >= 0.3 is 0 Å². The zero-order valence-electron chi connectivity index (χ0n) is 15.9. The van der Waals surface area contributed by atoms with Crippen LogP contribution in [0.1, 0.15) is 24.0 Å². The molecule has 0 saturated carbocycles. The van der Waals surface area contributed by atoms with Gasteiger partial charge in [-0.2, -0.15) is 0 Å². The second kappa shape index (κ2) is 8.80. The quantitative estimate of drug-likeness (QED) is 0.480. The number of anilines is 1. The van der Waals surface area contributed by atoms with Crippen molar-refractivity contribution in [3.63, 3.8) is 0 Å². The number of nitrogens with zero attached hydrogens (tertiary/aromatic N) is 1. The number of ether oxygens (including phenoxy) is 1. The lowest BCUT2D eigenvalue weighted by Gasteiger charge is -2.40. The fraction of sp³-hybridized carbons (Fsp3) is 0.409. The Bertz CT molecular complexity index is 806. The topological polar surface area (TPSA) is 53.6 Å². The second-order valence-corrected chi connectivity index (χ2v) is 8.29. The van der Waals surface area contributed by atoms with Gasteiger partial charge in [-0.05, 0) is 30.0 Å². The van der Waals surface area contributed by atoms with Crippen molar-refractivity contribution >= 4 is 34.5 Å². The minimum absolute atomic E-state index is 0.136. The first kappa shape index (κ1) is 19.7. The summed E-state index contributed by atoms with van der Waals surface area (Å²) in [5.74, 6) is 0.136. The molecule has 2 aliphatic rings. The van der Waals surface area contributed by atoms with E-state index in [2.05, 4.69) is 56.0 Å². The molecule has 5 nitrogen and oxygen atoms in total. The van der Waals surface area contributed by atoms with Crippen LogP contribution < -0.4 is 8.85 Å². The SMILES string of the molecule is O=C([C@@H](COCc1ccccc1)NI)N1CCC2(CC1)CNc1ccccc12. The van der Waals surface area contributed by atoms with Gasteiger partial charge in [-0.25, -0.2) is 3.53 Å². The summed E-state index contributed by atoms with van der Waals surface area (Å²) in [4.78, 5) is 15.0. The highest BCUT2D eigenvalue weighted by molar-refractivity contribution is 14.1. The van der Waals surface area contributed by atoms with Crippen LogP contribution in [0.2, 0.25) is 0 Å². The average Bonchev–Trinajstić information content (AvgIpc) is 3.10. The van der Waals surface area contributed by atoms with Crippen molar-refractivity contribution in [2.75, 3.05) is 31.6 Å². The number of benzene rings is 2. The maximum atomic E-state index is 13.0. The molecule has 2 aromatic rings. The maximum Gasteiger partial charge on any atom is 0.242 e. The van der Waals surface area contributed by atoms with Gasteiger partial charge in [0.1, 0.15) is 6.04 Å². The molecule has 1 fully saturated rings.